The van der Waals surface area contributed by atoms with Crippen LogP contribution in [0.2, 0.25) is 0 Å². The quantitative estimate of drug-likeness (QED) is 0.663. The molecule has 1 fully saturated rings. The third-order valence-corrected chi connectivity index (χ3v) is 6.22. The van der Waals surface area contributed by atoms with Crippen LogP contribution in [0.4, 0.5) is 5.82 Å². The standard InChI is InChI=1S/C17H28N4O3S/c1-2-3-8-17(22)19-10-6-15-25(23,24)21-13-11-20(12-14-21)16-7-4-5-9-18-16/h4-5,7,9H,2-3,6,8,10-15H2,1H3,(H,19,22). The molecule has 2 heterocycles. The van der Waals surface area contributed by atoms with Gasteiger partial charge in [-0.2, -0.15) is 4.31 Å². The van der Waals surface area contributed by atoms with Gasteiger partial charge in [0.2, 0.25) is 15.9 Å². The highest BCUT2D eigenvalue weighted by atomic mass is 32.2. The first-order valence-corrected chi connectivity index (χ1v) is 10.5. The van der Waals surface area contributed by atoms with Gasteiger partial charge in [-0.25, -0.2) is 13.4 Å². The number of piperazine rings is 1. The minimum absolute atomic E-state index is 0.00298. The second-order valence-electron chi connectivity index (χ2n) is 6.20. The van der Waals surface area contributed by atoms with E-state index in [1.807, 2.05) is 25.1 Å². The molecule has 0 unspecified atom stereocenters. The van der Waals surface area contributed by atoms with Crippen molar-refractivity contribution in [3.63, 3.8) is 0 Å². The van der Waals surface area contributed by atoms with Gasteiger partial charge in [0.05, 0.1) is 5.75 Å². The number of nitrogens with one attached hydrogen (secondary N) is 1. The van der Waals surface area contributed by atoms with Gasteiger partial charge in [0, 0.05) is 45.3 Å². The van der Waals surface area contributed by atoms with E-state index in [1.54, 1.807) is 10.5 Å². The van der Waals surface area contributed by atoms with Crippen LogP contribution in [-0.2, 0) is 14.8 Å². The Morgan fingerprint density at radius 2 is 1.96 bits per heavy atom. The molecule has 1 N–H and O–H groups in total. The zero-order valence-corrected chi connectivity index (χ0v) is 15.7. The summed E-state index contributed by atoms with van der Waals surface area (Å²) >= 11 is 0. The minimum atomic E-state index is -3.27. The van der Waals surface area contributed by atoms with Crippen LogP contribution in [0.3, 0.4) is 0 Å². The Morgan fingerprint density at radius 1 is 1.20 bits per heavy atom. The Balaban J connectivity index is 1.71. The zero-order chi connectivity index (χ0) is 18.1. The summed E-state index contributed by atoms with van der Waals surface area (Å²) in [4.78, 5) is 17.9. The molecule has 140 valence electrons. The molecule has 0 spiro atoms. The predicted octanol–water partition coefficient (Wildman–Crippen LogP) is 1.23. The first kappa shape index (κ1) is 19.7. The van der Waals surface area contributed by atoms with E-state index in [0.717, 1.165) is 18.7 Å². The number of hydrogen-bond acceptors (Lipinski definition) is 5. The van der Waals surface area contributed by atoms with Crippen molar-refractivity contribution in [1.82, 2.24) is 14.6 Å². The van der Waals surface area contributed by atoms with E-state index in [-0.39, 0.29) is 11.7 Å². The van der Waals surface area contributed by atoms with Crippen molar-refractivity contribution in [2.45, 2.75) is 32.6 Å². The maximum Gasteiger partial charge on any atom is 0.219 e. The summed E-state index contributed by atoms with van der Waals surface area (Å²) in [6, 6.07) is 5.73. The number of sulfonamides is 1. The number of unbranched alkanes of at least 4 members (excludes halogenated alkanes) is 1. The maximum absolute atomic E-state index is 12.4. The summed E-state index contributed by atoms with van der Waals surface area (Å²) in [7, 11) is -3.27. The highest BCUT2D eigenvalue weighted by Crippen LogP contribution is 2.15. The molecule has 1 amide bonds. The monoisotopic (exact) mass is 368 g/mol. The lowest BCUT2D eigenvalue weighted by Crippen LogP contribution is -2.49. The van der Waals surface area contributed by atoms with Crippen molar-refractivity contribution in [3.8, 4) is 0 Å². The number of hydrogen-bond donors (Lipinski definition) is 1. The molecule has 1 aromatic rings. The summed E-state index contributed by atoms with van der Waals surface area (Å²) in [5.74, 6) is 0.961. The third-order valence-electron chi connectivity index (χ3n) is 4.26. The molecule has 1 saturated heterocycles. The van der Waals surface area contributed by atoms with Crippen LogP contribution in [-0.4, -0.2) is 62.1 Å². The van der Waals surface area contributed by atoms with Crippen LogP contribution in [0.15, 0.2) is 24.4 Å². The van der Waals surface area contributed by atoms with Crippen LogP contribution in [0.1, 0.15) is 32.6 Å². The summed E-state index contributed by atoms with van der Waals surface area (Å²) in [6.45, 7) is 4.68. The number of pyridine rings is 1. The van der Waals surface area contributed by atoms with E-state index in [9.17, 15) is 13.2 Å². The van der Waals surface area contributed by atoms with Crippen molar-refractivity contribution in [2.24, 2.45) is 0 Å². The van der Waals surface area contributed by atoms with Crippen molar-refractivity contribution in [3.05, 3.63) is 24.4 Å². The van der Waals surface area contributed by atoms with Gasteiger partial charge in [-0.15, -0.1) is 0 Å². The Bertz CT molecular complexity index is 629. The fraction of sp³-hybridized carbons (Fsp3) is 0.647. The van der Waals surface area contributed by atoms with Gasteiger partial charge >= 0.3 is 0 Å². The first-order chi connectivity index (χ1) is 12.0. The normalized spacial score (nSPS) is 16.0. The largest absolute Gasteiger partial charge is 0.356 e. The number of anilines is 1. The van der Waals surface area contributed by atoms with Crippen LogP contribution < -0.4 is 10.2 Å². The average Bonchev–Trinajstić information content (AvgIpc) is 2.64. The molecule has 7 nitrogen and oxygen atoms in total. The minimum Gasteiger partial charge on any atom is -0.356 e. The Hall–Kier alpha value is -1.67. The van der Waals surface area contributed by atoms with E-state index in [1.165, 1.54) is 0 Å². The van der Waals surface area contributed by atoms with Crippen LogP contribution in [0.5, 0.6) is 0 Å². The Kier molecular flexibility index (Phi) is 7.64. The highest BCUT2D eigenvalue weighted by Gasteiger charge is 2.26. The number of nitrogens with zero attached hydrogens (tertiary/aromatic N) is 3. The van der Waals surface area contributed by atoms with Gasteiger partial charge in [-0.1, -0.05) is 19.4 Å². The molecule has 1 aliphatic rings. The summed E-state index contributed by atoms with van der Waals surface area (Å²) in [5, 5.41) is 2.78. The van der Waals surface area contributed by atoms with E-state index in [2.05, 4.69) is 15.2 Å². The van der Waals surface area contributed by atoms with E-state index in [4.69, 9.17) is 0 Å². The summed E-state index contributed by atoms with van der Waals surface area (Å²) in [6.07, 6.45) is 4.55. The molecule has 0 aliphatic carbocycles. The Morgan fingerprint density at radius 3 is 2.60 bits per heavy atom. The lowest BCUT2D eigenvalue weighted by Gasteiger charge is -2.34. The van der Waals surface area contributed by atoms with E-state index in [0.29, 0.717) is 45.6 Å². The van der Waals surface area contributed by atoms with E-state index < -0.39 is 10.0 Å². The summed E-state index contributed by atoms with van der Waals surface area (Å²) < 4.78 is 26.4. The van der Waals surface area contributed by atoms with Gasteiger partial charge in [0.25, 0.3) is 0 Å². The molecule has 0 saturated carbocycles. The van der Waals surface area contributed by atoms with Crippen LogP contribution in [0.25, 0.3) is 0 Å². The lowest BCUT2D eigenvalue weighted by atomic mass is 10.2. The van der Waals surface area contributed by atoms with Crippen molar-refractivity contribution in [2.75, 3.05) is 43.4 Å². The number of aromatic nitrogens is 1. The number of carbonyl (C=O) groups is 1. The van der Waals surface area contributed by atoms with Gasteiger partial charge in [-0.05, 0) is 25.0 Å². The fourth-order valence-corrected chi connectivity index (χ4v) is 4.26. The SMILES string of the molecule is CCCCC(=O)NCCCS(=O)(=O)N1CCN(c2ccccn2)CC1. The van der Waals surface area contributed by atoms with Crippen molar-refractivity contribution < 1.29 is 13.2 Å². The lowest BCUT2D eigenvalue weighted by molar-refractivity contribution is -0.121. The number of amides is 1. The van der Waals surface area contributed by atoms with Crippen molar-refractivity contribution >= 4 is 21.7 Å². The molecule has 25 heavy (non-hydrogen) atoms. The molecule has 0 bridgehead atoms. The molecule has 2 rings (SSSR count). The fourth-order valence-electron chi connectivity index (χ4n) is 2.77. The molecule has 0 aromatic carbocycles. The highest BCUT2D eigenvalue weighted by molar-refractivity contribution is 7.89. The van der Waals surface area contributed by atoms with Crippen molar-refractivity contribution in [1.29, 1.82) is 0 Å². The predicted molar refractivity (Wildman–Crippen MR) is 99.0 cm³/mol. The molecule has 1 aromatic heterocycles. The van der Waals surface area contributed by atoms with Gasteiger partial charge in [-0.3, -0.25) is 4.79 Å². The second-order valence-corrected chi connectivity index (χ2v) is 8.29. The maximum atomic E-state index is 12.4. The zero-order valence-electron chi connectivity index (χ0n) is 14.9. The van der Waals surface area contributed by atoms with Gasteiger partial charge in [0.15, 0.2) is 0 Å². The Labute approximate surface area is 150 Å². The molecular weight excluding hydrogens is 340 g/mol. The topological polar surface area (TPSA) is 82.6 Å². The summed E-state index contributed by atoms with van der Waals surface area (Å²) in [5.41, 5.74) is 0. The number of carbonyl (C=O) groups excluding carboxylic acids is 1. The average molecular weight is 369 g/mol. The van der Waals surface area contributed by atoms with Gasteiger partial charge < -0.3 is 10.2 Å². The molecule has 8 heteroatoms. The van der Waals surface area contributed by atoms with Crippen LogP contribution in [0, 0.1) is 0 Å². The molecule has 0 atom stereocenters. The smallest absolute Gasteiger partial charge is 0.219 e. The second kappa shape index (κ2) is 9.72. The molecule has 0 radical (unpaired) electrons. The molecular formula is C17H28N4O3S. The van der Waals surface area contributed by atoms with E-state index >= 15 is 0 Å². The molecule has 1 aliphatic heterocycles. The number of rotatable bonds is 9. The van der Waals surface area contributed by atoms with Gasteiger partial charge in [0.1, 0.15) is 5.82 Å². The van der Waals surface area contributed by atoms with Crippen LogP contribution >= 0.6 is 0 Å². The first-order valence-electron chi connectivity index (χ1n) is 8.93. The third kappa shape index (κ3) is 6.28.